The van der Waals surface area contributed by atoms with Gasteiger partial charge in [0.1, 0.15) is 12.7 Å². The number of ether oxygens (including phenoxy) is 2. The second kappa shape index (κ2) is 7.60. The first-order valence-electron chi connectivity index (χ1n) is 8.71. The van der Waals surface area contributed by atoms with Gasteiger partial charge in [-0.3, -0.25) is 10.2 Å². The van der Waals surface area contributed by atoms with E-state index in [1.807, 2.05) is 28.8 Å². The fraction of sp³-hybridized carbons (Fsp3) is 0.158. The van der Waals surface area contributed by atoms with Crippen molar-refractivity contribution >= 4 is 16.9 Å². The molecule has 0 saturated carbocycles. The number of rotatable bonds is 6. The molecule has 0 saturated heterocycles. The standard InChI is InChI=1S/C19H19N7O3/c1-28-16-7-14-15(8-17(16)29-2)23-19(24-20)26(18(14)27)13-5-3-12(4-6-13)9-25-10-21-22-11-25/h3-8,10-11H,9,20H2,1-2H3,(H,23,24). The van der Waals surface area contributed by atoms with Crippen LogP contribution in [0.15, 0.2) is 53.8 Å². The van der Waals surface area contributed by atoms with Crippen LogP contribution in [0.3, 0.4) is 0 Å². The molecule has 4 aromatic rings. The summed E-state index contributed by atoms with van der Waals surface area (Å²) in [6.45, 7) is 0.622. The van der Waals surface area contributed by atoms with Crippen LogP contribution in [-0.4, -0.2) is 38.5 Å². The van der Waals surface area contributed by atoms with E-state index < -0.39 is 0 Å². The third-order valence-corrected chi connectivity index (χ3v) is 4.53. The number of hydrogen-bond donors (Lipinski definition) is 2. The van der Waals surface area contributed by atoms with Crippen LogP contribution in [-0.2, 0) is 6.54 Å². The number of fused-ring (bicyclic) bond motifs is 1. The van der Waals surface area contributed by atoms with Gasteiger partial charge in [-0.1, -0.05) is 12.1 Å². The predicted molar refractivity (Wildman–Crippen MR) is 107 cm³/mol. The van der Waals surface area contributed by atoms with Crippen molar-refractivity contribution in [3.63, 3.8) is 0 Å². The van der Waals surface area contributed by atoms with Gasteiger partial charge in [-0.15, -0.1) is 10.2 Å². The van der Waals surface area contributed by atoms with Crippen LogP contribution in [0.5, 0.6) is 11.5 Å². The summed E-state index contributed by atoms with van der Waals surface area (Å²) in [5, 5.41) is 7.97. The summed E-state index contributed by atoms with van der Waals surface area (Å²) in [5.41, 5.74) is 4.32. The average molecular weight is 393 g/mol. The number of nitrogens with one attached hydrogen (secondary N) is 1. The van der Waals surface area contributed by atoms with Gasteiger partial charge in [0.2, 0.25) is 5.95 Å². The van der Waals surface area contributed by atoms with Crippen molar-refractivity contribution < 1.29 is 9.47 Å². The summed E-state index contributed by atoms with van der Waals surface area (Å²) in [6, 6.07) is 10.7. The molecule has 4 rings (SSSR count). The first-order valence-corrected chi connectivity index (χ1v) is 8.71. The smallest absolute Gasteiger partial charge is 0.267 e. The maximum absolute atomic E-state index is 13.2. The molecule has 2 aromatic heterocycles. The van der Waals surface area contributed by atoms with E-state index in [-0.39, 0.29) is 11.5 Å². The summed E-state index contributed by atoms with van der Waals surface area (Å²) in [6.07, 6.45) is 3.29. The lowest BCUT2D eigenvalue weighted by molar-refractivity contribution is 0.355. The summed E-state index contributed by atoms with van der Waals surface area (Å²) < 4.78 is 13.9. The minimum absolute atomic E-state index is 0.210. The Labute approximate surface area is 165 Å². The maximum Gasteiger partial charge on any atom is 0.267 e. The molecule has 2 aromatic carbocycles. The number of nitrogens with two attached hydrogens (primary N) is 1. The molecule has 10 heteroatoms. The van der Waals surface area contributed by atoms with Crippen LogP contribution in [0.4, 0.5) is 5.95 Å². The third kappa shape index (κ3) is 3.36. The Balaban J connectivity index is 1.82. The van der Waals surface area contributed by atoms with Gasteiger partial charge in [-0.05, 0) is 23.8 Å². The van der Waals surface area contributed by atoms with E-state index in [4.69, 9.17) is 15.3 Å². The lowest BCUT2D eigenvalue weighted by Gasteiger charge is -2.15. The largest absolute Gasteiger partial charge is 0.493 e. The topological polar surface area (TPSA) is 122 Å². The molecule has 10 nitrogen and oxygen atoms in total. The van der Waals surface area contributed by atoms with Crippen LogP contribution in [0.2, 0.25) is 0 Å². The van der Waals surface area contributed by atoms with Gasteiger partial charge in [-0.25, -0.2) is 15.4 Å². The second-order valence-electron chi connectivity index (χ2n) is 6.25. The molecular weight excluding hydrogens is 374 g/mol. The fourth-order valence-electron chi connectivity index (χ4n) is 3.11. The molecule has 0 radical (unpaired) electrons. The zero-order valence-electron chi connectivity index (χ0n) is 15.9. The molecule has 0 atom stereocenters. The van der Waals surface area contributed by atoms with Crippen LogP contribution in [0.1, 0.15) is 5.56 Å². The minimum Gasteiger partial charge on any atom is -0.493 e. The molecule has 0 spiro atoms. The highest BCUT2D eigenvalue weighted by molar-refractivity contribution is 5.83. The zero-order valence-corrected chi connectivity index (χ0v) is 15.9. The molecule has 0 fully saturated rings. The zero-order chi connectivity index (χ0) is 20.4. The first kappa shape index (κ1) is 18.4. The number of aromatic nitrogens is 5. The van der Waals surface area contributed by atoms with Gasteiger partial charge < -0.3 is 14.0 Å². The Bertz CT molecular complexity index is 1200. The van der Waals surface area contributed by atoms with E-state index in [0.29, 0.717) is 34.6 Å². The molecule has 148 valence electrons. The van der Waals surface area contributed by atoms with Gasteiger partial charge in [0, 0.05) is 12.6 Å². The quantitative estimate of drug-likeness (QED) is 0.372. The van der Waals surface area contributed by atoms with Gasteiger partial charge in [0.15, 0.2) is 11.5 Å². The van der Waals surface area contributed by atoms with Crippen LogP contribution >= 0.6 is 0 Å². The number of anilines is 1. The molecule has 0 aliphatic heterocycles. The monoisotopic (exact) mass is 393 g/mol. The number of benzene rings is 2. The highest BCUT2D eigenvalue weighted by Crippen LogP contribution is 2.30. The number of methoxy groups -OCH3 is 2. The molecule has 0 bridgehead atoms. The minimum atomic E-state index is -0.282. The molecule has 0 aliphatic carbocycles. The second-order valence-corrected chi connectivity index (χ2v) is 6.25. The van der Waals surface area contributed by atoms with Crippen LogP contribution < -0.4 is 26.3 Å². The van der Waals surface area contributed by atoms with Crippen molar-refractivity contribution in [2.75, 3.05) is 19.6 Å². The van der Waals surface area contributed by atoms with E-state index in [9.17, 15) is 4.79 Å². The van der Waals surface area contributed by atoms with Gasteiger partial charge in [0.25, 0.3) is 5.56 Å². The number of nitrogen functional groups attached to an aromatic ring is 1. The van der Waals surface area contributed by atoms with Crippen molar-refractivity contribution in [1.29, 1.82) is 0 Å². The lowest BCUT2D eigenvalue weighted by atomic mass is 10.2. The van der Waals surface area contributed by atoms with Gasteiger partial charge in [0.05, 0.1) is 30.8 Å². The Morgan fingerprint density at radius 1 is 1.03 bits per heavy atom. The lowest BCUT2D eigenvalue weighted by Crippen LogP contribution is -2.26. The molecular formula is C19H19N7O3. The van der Waals surface area contributed by atoms with Crippen molar-refractivity contribution in [1.82, 2.24) is 24.3 Å². The molecule has 0 unspecified atom stereocenters. The number of hydrazine groups is 1. The van der Waals surface area contributed by atoms with E-state index in [0.717, 1.165) is 5.56 Å². The van der Waals surface area contributed by atoms with E-state index in [1.54, 1.807) is 24.8 Å². The summed E-state index contributed by atoms with van der Waals surface area (Å²) in [4.78, 5) is 17.7. The molecule has 2 heterocycles. The summed E-state index contributed by atoms with van der Waals surface area (Å²) >= 11 is 0. The number of hydrogen-bond acceptors (Lipinski definition) is 8. The highest BCUT2D eigenvalue weighted by Gasteiger charge is 2.16. The fourth-order valence-corrected chi connectivity index (χ4v) is 3.11. The summed E-state index contributed by atoms with van der Waals surface area (Å²) in [5.74, 6) is 6.78. The van der Waals surface area contributed by atoms with E-state index in [1.165, 1.54) is 18.8 Å². The Morgan fingerprint density at radius 2 is 1.69 bits per heavy atom. The Kier molecular flexibility index (Phi) is 4.83. The molecule has 0 aliphatic rings. The molecule has 3 N–H and O–H groups in total. The van der Waals surface area contributed by atoms with E-state index >= 15 is 0 Å². The van der Waals surface area contributed by atoms with Gasteiger partial charge in [-0.2, -0.15) is 0 Å². The van der Waals surface area contributed by atoms with Crippen molar-refractivity contribution in [2.45, 2.75) is 6.54 Å². The van der Waals surface area contributed by atoms with E-state index in [2.05, 4.69) is 20.6 Å². The average Bonchev–Trinajstić information content (AvgIpc) is 3.26. The Hall–Kier alpha value is -3.92. The van der Waals surface area contributed by atoms with Gasteiger partial charge >= 0.3 is 0 Å². The number of nitrogens with zero attached hydrogens (tertiary/aromatic N) is 5. The third-order valence-electron chi connectivity index (χ3n) is 4.53. The summed E-state index contributed by atoms with van der Waals surface area (Å²) in [7, 11) is 3.04. The van der Waals surface area contributed by atoms with Crippen molar-refractivity contribution in [3.05, 3.63) is 65.0 Å². The van der Waals surface area contributed by atoms with Crippen molar-refractivity contribution in [3.8, 4) is 17.2 Å². The SMILES string of the molecule is COc1cc2nc(NN)n(-c3ccc(Cn4cnnc4)cc3)c(=O)c2cc1OC. The Morgan fingerprint density at radius 3 is 2.31 bits per heavy atom. The highest BCUT2D eigenvalue weighted by atomic mass is 16.5. The first-order chi connectivity index (χ1) is 14.1. The predicted octanol–water partition coefficient (Wildman–Crippen LogP) is 1.33. The molecule has 0 amide bonds. The molecule has 29 heavy (non-hydrogen) atoms. The normalized spacial score (nSPS) is 10.9. The van der Waals surface area contributed by atoms with Crippen molar-refractivity contribution in [2.24, 2.45) is 5.84 Å². The maximum atomic E-state index is 13.2. The van der Waals surface area contributed by atoms with Crippen LogP contribution in [0, 0.1) is 0 Å². The van der Waals surface area contributed by atoms with Crippen LogP contribution in [0.25, 0.3) is 16.6 Å².